The highest BCUT2D eigenvalue weighted by atomic mass is 35.5. The van der Waals surface area contributed by atoms with E-state index in [9.17, 15) is 9.59 Å². The van der Waals surface area contributed by atoms with E-state index < -0.39 is 0 Å². The minimum absolute atomic E-state index is 0.155. The summed E-state index contributed by atoms with van der Waals surface area (Å²) < 4.78 is 10.8. The van der Waals surface area contributed by atoms with E-state index >= 15 is 0 Å². The number of benzene rings is 3. The number of carbonyl (C=O) groups is 2. The number of hydrogen-bond acceptors (Lipinski definition) is 4. The van der Waals surface area contributed by atoms with Crippen LogP contribution in [0.1, 0.15) is 17.3 Å². The van der Waals surface area contributed by atoms with Crippen LogP contribution in [0.4, 0.5) is 11.4 Å². The van der Waals surface area contributed by atoms with Crippen molar-refractivity contribution in [2.45, 2.75) is 6.92 Å². The van der Waals surface area contributed by atoms with E-state index in [0.717, 1.165) is 5.75 Å². The predicted molar refractivity (Wildman–Crippen MR) is 118 cm³/mol. The molecule has 0 radical (unpaired) electrons. The highest BCUT2D eigenvalue weighted by Gasteiger charge is 2.10. The lowest BCUT2D eigenvalue weighted by atomic mass is 10.2. The SMILES string of the molecule is CCOc1ccc(OCC(=O)Nc2ccc(NC(=O)c3ccccc3)c(Cl)c2)cc1. The molecule has 3 aromatic carbocycles. The van der Waals surface area contributed by atoms with Gasteiger partial charge in [0, 0.05) is 11.3 Å². The summed E-state index contributed by atoms with van der Waals surface area (Å²) in [5.74, 6) is 0.702. The third-order valence-corrected chi connectivity index (χ3v) is 4.35. The van der Waals surface area contributed by atoms with E-state index in [1.807, 2.05) is 13.0 Å². The number of hydrogen-bond donors (Lipinski definition) is 2. The summed E-state index contributed by atoms with van der Waals surface area (Å²) >= 11 is 6.25. The molecular weight excluding hydrogens is 404 g/mol. The van der Waals surface area contributed by atoms with E-state index in [0.29, 0.717) is 34.3 Å². The molecule has 2 amide bonds. The molecule has 2 N–H and O–H groups in total. The van der Waals surface area contributed by atoms with Gasteiger partial charge in [0.1, 0.15) is 11.5 Å². The van der Waals surface area contributed by atoms with Gasteiger partial charge in [-0.25, -0.2) is 0 Å². The number of anilines is 2. The number of carbonyl (C=O) groups excluding carboxylic acids is 2. The van der Waals surface area contributed by atoms with Crippen LogP contribution in [-0.4, -0.2) is 25.0 Å². The zero-order valence-electron chi connectivity index (χ0n) is 16.4. The van der Waals surface area contributed by atoms with Crippen LogP contribution in [0, 0.1) is 0 Å². The van der Waals surface area contributed by atoms with Crippen molar-refractivity contribution < 1.29 is 19.1 Å². The van der Waals surface area contributed by atoms with Crippen molar-refractivity contribution >= 4 is 34.8 Å². The minimum atomic E-state index is -0.332. The van der Waals surface area contributed by atoms with Crippen LogP contribution >= 0.6 is 11.6 Å². The van der Waals surface area contributed by atoms with Gasteiger partial charge in [0.05, 0.1) is 17.3 Å². The van der Waals surface area contributed by atoms with Gasteiger partial charge in [-0.2, -0.15) is 0 Å². The largest absolute Gasteiger partial charge is 0.494 e. The first-order chi connectivity index (χ1) is 14.5. The van der Waals surface area contributed by atoms with E-state index in [4.69, 9.17) is 21.1 Å². The summed E-state index contributed by atoms with van der Waals surface area (Å²) in [5.41, 5.74) is 1.48. The molecular formula is C23H21ClN2O4. The van der Waals surface area contributed by atoms with Gasteiger partial charge in [-0.15, -0.1) is 0 Å². The van der Waals surface area contributed by atoms with Crippen LogP contribution in [0.2, 0.25) is 5.02 Å². The van der Waals surface area contributed by atoms with Crippen LogP contribution in [-0.2, 0) is 4.79 Å². The lowest BCUT2D eigenvalue weighted by molar-refractivity contribution is -0.118. The molecule has 6 nitrogen and oxygen atoms in total. The van der Waals surface area contributed by atoms with E-state index in [1.54, 1.807) is 66.7 Å². The number of nitrogens with one attached hydrogen (secondary N) is 2. The minimum Gasteiger partial charge on any atom is -0.494 e. The van der Waals surface area contributed by atoms with Crippen LogP contribution in [0.15, 0.2) is 72.8 Å². The number of rotatable bonds is 8. The van der Waals surface area contributed by atoms with Gasteiger partial charge in [-0.3, -0.25) is 9.59 Å². The maximum atomic E-state index is 12.2. The third kappa shape index (κ3) is 5.99. The van der Waals surface area contributed by atoms with Crippen molar-refractivity contribution in [3.8, 4) is 11.5 Å². The van der Waals surface area contributed by atoms with Crippen LogP contribution in [0.3, 0.4) is 0 Å². The molecule has 0 aromatic heterocycles. The molecule has 3 aromatic rings. The average molecular weight is 425 g/mol. The Labute approximate surface area is 179 Å². The van der Waals surface area contributed by atoms with Crippen molar-refractivity contribution in [3.63, 3.8) is 0 Å². The third-order valence-electron chi connectivity index (χ3n) is 4.04. The molecule has 3 rings (SSSR count). The van der Waals surface area contributed by atoms with E-state index in [2.05, 4.69) is 10.6 Å². The maximum Gasteiger partial charge on any atom is 0.262 e. The van der Waals surface area contributed by atoms with Gasteiger partial charge in [0.25, 0.3) is 11.8 Å². The van der Waals surface area contributed by atoms with E-state index in [-0.39, 0.29) is 18.4 Å². The molecule has 0 aliphatic carbocycles. The van der Waals surface area contributed by atoms with E-state index in [1.165, 1.54) is 0 Å². The summed E-state index contributed by atoms with van der Waals surface area (Å²) in [4.78, 5) is 24.4. The summed E-state index contributed by atoms with van der Waals surface area (Å²) in [6.45, 7) is 2.34. The molecule has 0 saturated carbocycles. The first kappa shape index (κ1) is 21.2. The van der Waals surface area contributed by atoms with Gasteiger partial charge < -0.3 is 20.1 Å². The lowest BCUT2D eigenvalue weighted by Gasteiger charge is -2.11. The Balaban J connectivity index is 1.53. The Bertz CT molecular complexity index is 1010. The topological polar surface area (TPSA) is 76.7 Å². The molecule has 0 unspecified atom stereocenters. The molecule has 0 aliphatic rings. The Kier molecular flexibility index (Phi) is 7.29. The first-order valence-corrected chi connectivity index (χ1v) is 9.74. The number of halogens is 1. The van der Waals surface area contributed by atoms with Gasteiger partial charge >= 0.3 is 0 Å². The summed E-state index contributed by atoms with van der Waals surface area (Å²) in [6, 6.07) is 20.7. The maximum absolute atomic E-state index is 12.2. The highest BCUT2D eigenvalue weighted by Crippen LogP contribution is 2.26. The molecule has 30 heavy (non-hydrogen) atoms. The second-order valence-corrected chi connectivity index (χ2v) is 6.66. The standard InChI is InChI=1S/C23H21ClN2O4/c1-2-29-18-9-11-19(12-10-18)30-15-22(27)25-17-8-13-21(20(24)14-17)26-23(28)16-6-4-3-5-7-16/h3-14H,2,15H2,1H3,(H,25,27)(H,26,28). The van der Waals surface area contributed by atoms with Crippen LogP contribution in [0.5, 0.6) is 11.5 Å². The zero-order valence-corrected chi connectivity index (χ0v) is 17.1. The van der Waals surface area contributed by atoms with Crippen molar-refractivity contribution in [3.05, 3.63) is 83.4 Å². The molecule has 0 aliphatic heterocycles. The average Bonchev–Trinajstić information content (AvgIpc) is 2.76. The number of amides is 2. The zero-order chi connectivity index (χ0) is 21.3. The lowest BCUT2D eigenvalue weighted by Crippen LogP contribution is -2.20. The van der Waals surface area contributed by atoms with Gasteiger partial charge in [-0.05, 0) is 61.5 Å². The fourth-order valence-corrected chi connectivity index (χ4v) is 2.85. The van der Waals surface area contributed by atoms with Gasteiger partial charge in [-0.1, -0.05) is 29.8 Å². The molecule has 0 saturated heterocycles. The second-order valence-electron chi connectivity index (χ2n) is 6.26. The van der Waals surface area contributed by atoms with Crippen LogP contribution in [0.25, 0.3) is 0 Å². The van der Waals surface area contributed by atoms with Crippen molar-refractivity contribution in [2.24, 2.45) is 0 Å². The molecule has 0 bridgehead atoms. The summed E-state index contributed by atoms with van der Waals surface area (Å²) in [7, 11) is 0. The molecule has 0 atom stereocenters. The van der Waals surface area contributed by atoms with Gasteiger partial charge in [0.15, 0.2) is 6.61 Å². The first-order valence-electron chi connectivity index (χ1n) is 9.36. The Morgan fingerprint density at radius 2 is 1.53 bits per heavy atom. The molecule has 0 spiro atoms. The smallest absolute Gasteiger partial charge is 0.262 e. The molecule has 0 fully saturated rings. The number of ether oxygens (including phenoxy) is 2. The van der Waals surface area contributed by atoms with Crippen LogP contribution < -0.4 is 20.1 Å². The second kappa shape index (κ2) is 10.3. The van der Waals surface area contributed by atoms with Gasteiger partial charge in [0.2, 0.25) is 0 Å². The molecule has 0 heterocycles. The van der Waals surface area contributed by atoms with Crippen molar-refractivity contribution in [2.75, 3.05) is 23.8 Å². The fourth-order valence-electron chi connectivity index (χ4n) is 2.62. The summed E-state index contributed by atoms with van der Waals surface area (Å²) in [6.07, 6.45) is 0. The Morgan fingerprint density at radius 3 is 2.17 bits per heavy atom. The summed E-state index contributed by atoms with van der Waals surface area (Å²) in [5, 5.41) is 5.77. The monoisotopic (exact) mass is 424 g/mol. The highest BCUT2D eigenvalue weighted by molar-refractivity contribution is 6.34. The Morgan fingerprint density at radius 1 is 0.867 bits per heavy atom. The molecule has 154 valence electrons. The van der Waals surface area contributed by atoms with Crippen molar-refractivity contribution in [1.82, 2.24) is 0 Å². The normalized spacial score (nSPS) is 10.2. The fraction of sp³-hybridized carbons (Fsp3) is 0.130. The predicted octanol–water partition coefficient (Wildman–Crippen LogP) is 5.01. The van der Waals surface area contributed by atoms with Crippen molar-refractivity contribution in [1.29, 1.82) is 0 Å². The quantitative estimate of drug-likeness (QED) is 0.533. The Hall–Kier alpha value is -3.51. The molecule has 7 heteroatoms.